The lowest BCUT2D eigenvalue weighted by Gasteiger charge is -2.34. The highest BCUT2D eigenvalue weighted by Gasteiger charge is 2.63. The highest BCUT2D eigenvalue weighted by molar-refractivity contribution is 7.87. The lowest BCUT2D eigenvalue weighted by atomic mass is 9.81. The monoisotopic (exact) mass is 680 g/mol. The number of fused-ring (bicyclic) bond motifs is 7. The SMILES string of the molecule is COc1ccc2c(c1)C1CC1(C(=O)N(C)CC1CN(C)CCN1)Cn1c-2c(C2CCCCC2)c2ccc(C(=O)NS(=O)(=O)N(C)C)cc21.[HH].[HH]. The van der Waals surface area contributed by atoms with E-state index in [0.29, 0.717) is 19.0 Å². The molecule has 2 N–H and O–H groups in total. The van der Waals surface area contributed by atoms with Crippen molar-refractivity contribution in [1.82, 2.24) is 28.7 Å². The van der Waals surface area contributed by atoms with Gasteiger partial charge in [-0.3, -0.25) is 9.59 Å². The predicted molar refractivity (Wildman–Crippen MR) is 191 cm³/mol. The van der Waals surface area contributed by atoms with Crippen LogP contribution >= 0.6 is 0 Å². The second-order valence-electron chi connectivity index (χ2n) is 14.6. The minimum atomic E-state index is -3.97. The molecule has 2 aliphatic carbocycles. The molecule has 2 amide bonds. The van der Waals surface area contributed by atoms with E-state index < -0.39 is 21.5 Å². The Morgan fingerprint density at radius 1 is 1.10 bits per heavy atom. The lowest BCUT2D eigenvalue weighted by Crippen LogP contribution is -2.54. The van der Waals surface area contributed by atoms with Crippen LogP contribution in [0.5, 0.6) is 5.75 Å². The first-order valence-corrected chi connectivity index (χ1v) is 18.6. The molecule has 1 saturated heterocycles. The summed E-state index contributed by atoms with van der Waals surface area (Å²) in [5, 5.41) is 4.65. The minimum Gasteiger partial charge on any atom is -0.497 e. The van der Waals surface area contributed by atoms with Crippen LogP contribution < -0.4 is 14.8 Å². The van der Waals surface area contributed by atoms with Gasteiger partial charge in [-0.2, -0.15) is 12.7 Å². The molecule has 3 fully saturated rings. The van der Waals surface area contributed by atoms with Gasteiger partial charge in [0, 0.05) is 90.7 Å². The molecule has 3 unspecified atom stereocenters. The topological polar surface area (TPSA) is 116 Å². The molecule has 1 aromatic heterocycles. The number of hydrogen-bond acceptors (Lipinski definition) is 7. The second-order valence-corrected chi connectivity index (χ2v) is 16.5. The molecule has 2 aromatic carbocycles. The molecule has 48 heavy (non-hydrogen) atoms. The molecule has 3 heterocycles. The number of piperazine rings is 1. The van der Waals surface area contributed by atoms with Crippen molar-refractivity contribution in [2.75, 3.05) is 61.5 Å². The number of aromatic nitrogens is 1. The van der Waals surface area contributed by atoms with E-state index in [2.05, 4.69) is 38.7 Å². The Hall–Kier alpha value is -3.45. The Kier molecular flexibility index (Phi) is 8.58. The first-order valence-electron chi connectivity index (χ1n) is 17.2. The number of nitrogens with one attached hydrogen (secondary N) is 2. The van der Waals surface area contributed by atoms with Gasteiger partial charge in [-0.25, -0.2) is 4.72 Å². The Bertz CT molecular complexity index is 1880. The Morgan fingerprint density at radius 2 is 1.88 bits per heavy atom. The van der Waals surface area contributed by atoms with Gasteiger partial charge in [0.2, 0.25) is 5.91 Å². The van der Waals surface area contributed by atoms with Crippen LogP contribution in [0.4, 0.5) is 0 Å². The van der Waals surface area contributed by atoms with Gasteiger partial charge >= 0.3 is 10.2 Å². The summed E-state index contributed by atoms with van der Waals surface area (Å²) in [6, 6.07) is 12.0. The standard InChI is InChI=1S/C36H48N6O5S.2H2/c1-39(2)48(45,46)38-34(43)24-11-13-28-31(17-24)42-22-36(35(44)41(4)21-25-20-40(3)16-15-37-25)19-30(36)29-18-26(47-5)12-14-27(29)33(42)32(28)23-9-7-6-8-10-23;;/h11-14,17-18,23,25,30,37H,6-10,15-16,19-22H2,1-5H3,(H,38,43);2*1H. The van der Waals surface area contributed by atoms with E-state index in [1.807, 2.05) is 30.1 Å². The van der Waals surface area contributed by atoms with Gasteiger partial charge < -0.3 is 24.4 Å². The summed E-state index contributed by atoms with van der Waals surface area (Å²) in [6.07, 6.45) is 6.44. The zero-order valence-electron chi connectivity index (χ0n) is 28.7. The third-order valence-corrected chi connectivity index (χ3v) is 12.6. The minimum absolute atomic E-state index is 0. The van der Waals surface area contributed by atoms with E-state index in [1.54, 1.807) is 13.2 Å². The van der Waals surface area contributed by atoms with Crippen LogP contribution in [0.25, 0.3) is 22.2 Å². The van der Waals surface area contributed by atoms with Gasteiger partial charge in [-0.05, 0) is 73.7 Å². The van der Waals surface area contributed by atoms with Crippen molar-refractivity contribution < 1.29 is 25.6 Å². The molecule has 7 rings (SSSR count). The van der Waals surface area contributed by atoms with E-state index in [-0.39, 0.29) is 26.3 Å². The zero-order valence-corrected chi connectivity index (χ0v) is 29.5. The van der Waals surface area contributed by atoms with Gasteiger partial charge in [0.05, 0.1) is 18.2 Å². The fourth-order valence-electron chi connectivity index (χ4n) is 8.60. The van der Waals surface area contributed by atoms with Crippen LogP contribution in [0.1, 0.15) is 74.7 Å². The van der Waals surface area contributed by atoms with Crippen molar-refractivity contribution in [3.63, 3.8) is 0 Å². The number of carbonyl (C=O) groups is 2. The van der Waals surface area contributed by atoms with Gasteiger partial charge in [-0.15, -0.1) is 0 Å². The molecular weight excluding hydrogens is 629 g/mol. The molecular formula is C36H52N6O5S. The summed E-state index contributed by atoms with van der Waals surface area (Å²) in [5.41, 5.74) is 5.12. The highest BCUT2D eigenvalue weighted by atomic mass is 32.2. The first-order chi connectivity index (χ1) is 22.9. The fraction of sp³-hybridized carbons (Fsp3) is 0.556. The maximum absolute atomic E-state index is 14.7. The zero-order chi connectivity index (χ0) is 34.0. The van der Waals surface area contributed by atoms with Crippen LogP contribution in [0.2, 0.25) is 0 Å². The van der Waals surface area contributed by atoms with Crippen molar-refractivity contribution in [2.45, 2.75) is 62.9 Å². The van der Waals surface area contributed by atoms with E-state index in [1.165, 1.54) is 26.1 Å². The van der Waals surface area contributed by atoms with Crippen molar-refractivity contribution in [2.24, 2.45) is 5.41 Å². The fourth-order valence-corrected chi connectivity index (χ4v) is 9.13. The number of amides is 2. The van der Waals surface area contributed by atoms with Gasteiger partial charge in [0.1, 0.15) is 5.75 Å². The number of likely N-dealkylation sites (N-methyl/N-ethyl adjacent to an activating group) is 2. The lowest BCUT2D eigenvalue weighted by molar-refractivity contribution is -0.136. The second kappa shape index (κ2) is 12.5. The third-order valence-electron chi connectivity index (χ3n) is 11.2. The number of methoxy groups -OCH3 is 1. The summed E-state index contributed by atoms with van der Waals surface area (Å²) in [5.74, 6) is 0.606. The molecule has 262 valence electrons. The van der Waals surface area contributed by atoms with Crippen LogP contribution in [-0.4, -0.2) is 106 Å². The number of rotatable bonds is 8. The van der Waals surface area contributed by atoms with Crippen LogP contribution in [0, 0.1) is 5.41 Å². The molecule has 3 atom stereocenters. The van der Waals surface area contributed by atoms with Crippen molar-refractivity contribution in [3.05, 3.63) is 53.1 Å². The Labute approximate surface area is 286 Å². The third kappa shape index (κ3) is 5.70. The average Bonchev–Trinajstić information content (AvgIpc) is 3.74. The molecule has 2 aliphatic heterocycles. The smallest absolute Gasteiger partial charge is 0.303 e. The molecule has 3 aromatic rings. The largest absolute Gasteiger partial charge is 0.497 e. The van der Waals surface area contributed by atoms with Crippen molar-refractivity contribution in [1.29, 1.82) is 0 Å². The van der Waals surface area contributed by atoms with Crippen LogP contribution in [0.3, 0.4) is 0 Å². The summed E-state index contributed by atoms with van der Waals surface area (Å²) in [7, 11) is 4.52. The molecule has 0 spiro atoms. The van der Waals surface area contributed by atoms with Crippen LogP contribution in [-0.2, 0) is 21.5 Å². The molecule has 0 bridgehead atoms. The molecule has 0 radical (unpaired) electrons. The summed E-state index contributed by atoms with van der Waals surface area (Å²) in [6.45, 7) is 3.89. The number of carbonyl (C=O) groups excluding carboxylic acids is 2. The maximum Gasteiger partial charge on any atom is 0.303 e. The summed E-state index contributed by atoms with van der Waals surface area (Å²) >= 11 is 0. The van der Waals surface area contributed by atoms with E-state index >= 15 is 0 Å². The van der Waals surface area contributed by atoms with Gasteiger partial charge in [-0.1, -0.05) is 25.3 Å². The molecule has 4 aliphatic rings. The van der Waals surface area contributed by atoms with Gasteiger partial charge in [0.25, 0.3) is 5.91 Å². The van der Waals surface area contributed by atoms with Crippen molar-refractivity contribution >= 4 is 32.9 Å². The Morgan fingerprint density at radius 3 is 2.58 bits per heavy atom. The normalized spacial score (nSPS) is 24.4. The van der Waals surface area contributed by atoms with E-state index in [9.17, 15) is 18.0 Å². The van der Waals surface area contributed by atoms with Crippen molar-refractivity contribution in [3.8, 4) is 17.0 Å². The Balaban J connectivity index is 0.00000243. The number of nitrogens with zero attached hydrogens (tertiary/aromatic N) is 4. The highest BCUT2D eigenvalue weighted by Crippen LogP contribution is 2.66. The quantitative estimate of drug-likeness (QED) is 0.366. The number of ether oxygens (including phenoxy) is 1. The maximum atomic E-state index is 14.7. The molecule has 11 nitrogen and oxygen atoms in total. The molecule has 2 saturated carbocycles. The summed E-state index contributed by atoms with van der Waals surface area (Å²) in [4.78, 5) is 32.3. The van der Waals surface area contributed by atoms with E-state index in [4.69, 9.17) is 4.74 Å². The van der Waals surface area contributed by atoms with Gasteiger partial charge in [0.15, 0.2) is 0 Å². The summed E-state index contributed by atoms with van der Waals surface area (Å²) < 4.78 is 36.3. The number of benzene rings is 2. The average molecular weight is 681 g/mol. The number of hydrogen-bond donors (Lipinski definition) is 2. The molecule has 12 heteroatoms. The first kappa shape index (κ1) is 33.1. The van der Waals surface area contributed by atoms with E-state index in [0.717, 1.165) is 89.5 Å². The van der Waals surface area contributed by atoms with Crippen LogP contribution in [0.15, 0.2) is 36.4 Å². The predicted octanol–water partition coefficient (Wildman–Crippen LogP) is 4.24.